The maximum absolute atomic E-state index is 13.9. The summed E-state index contributed by atoms with van der Waals surface area (Å²) in [7, 11) is 0. The fourth-order valence-corrected chi connectivity index (χ4v) is 5.06. The van der Waals surface area contributed by atoms with Gasteiger partial charge in [-0.05, 0) is 94.4 Å². The summed E-state index contributed by atoms with van der Waals surface area (Å²) < 4.78 is 19.9. The fraction of sp³-hybridized carbons (Fsp3) is 0.517. The first-order chi connectivity index (χ1) is 17.3. The molecule has 2 fully saturated rings. The number of benzene rings is 2. The summed E-state index contributed by atoms with van der Waals surface area (Å²) in [6, 6.07) is 14.7. The van der Waals surface area contributed by atoms with Gasteiger partial charge in [0.1, 0.15) is 11.4 Å². The number of hydrogen-bond acceptors (Lipinski definition) is 5. The smallest absolute Gasteiger partial charge is 0.258 e. The predicted octanol–water partition coefficient (Wildman–Crippen LogP) is 4.59. The molecule has 0 spiro atoms. The molecule has 2 aliphatic rings. The van der Waals surface area contributed by atoms with Crippen LogP contribution < -0.4 is 15.4 Å². The van der Waals surface area contributed by atoms with E-state index in [0.717, 1.165) is 68.6 Å². The minimum atomic E-state index is -1.16. The van der Waals surface area contributed by atoms with Gasteiger partial charge in [-0.25, -0.2) is 4.39 Å². The maximum atomic E-state index is 13.9. The van der Waals surface area contributed by atoms with E-state index in [1.165, 1.54) is 0 Å². The molecule has 0 unspecified atom stereocenters. The first kappa shape index (κ1) is 26.3. The molecule has 0 radical (unpaired) electrons. The number of piperidine rings is 2. The third kappa shape index (κ3) is 7.37. The number of ether oxygens (including phenoxy) is 1. The number of amides is 2. The molecule has 1 atom stereocenters. The average Bonchev–Trinajstić information content (AvgIpc) is 2.88. The van der Waals surface area contributed by atoms with Crippen LogP contribution >= 0.6 is 0 Å². The van der Waals surface area contributed by atoms with Crippen molar-refractivity contribution in [3.8, 4) is 16.9 Å². The summed E-state index contributed by atoms with van der Waals surface area (Å²) in [6.45, 7) is 6.98. The summed E-state index contributed by atoms with van der Waals surface area (Å²) in [5.41, 5.74) is 0.970. The molecule has 0 saturated carbocycles. The zero-order chi connectivity index (χ0) is 25.5. The topological polar surface area (TPSA) is 70.7 Å². The second-order valence-corrected chi connectivity index (χ2v) is 10.6. The largest absolute Gasteiger partial charge is 0.493 e. The molecule has 36 heavy (non-hydrogen) atoms. The van der Waals surface area contributed by atoms with Gasteiger partial charge in [-0.1, -0.05) is 36.8 Å². The lowest BCUT2D eigenvalue weighted by Gasteiger charge is -2.34. The molecular weight excluding hydrogens is 457 g/mol. The monoisotopic (exact) mass is 495 g/mol. The number of nitrogens with zero attached hydrogens (tertiary/aromatic N) is 1. The van der Waals surface area contributed by atoms with E-state index in [9.17, 15) is 14.0 Å². The number of rotatable bonds is 8. The molecular formula is C29H38FN3O3. The van der Waals surface area contributed by atoms with Crippen LogP contribution in [0.1, 0.15) is 56.3 Å². The maximum Gasteiger partial charge on any atom is 0.258 e. The number of likely N-dealkylation sites (tertiary alicyclic amines) is 1. The van der Waals surface area contributed by atoms with E-state index in [1.54, 1.807) is 26.0 Å². The predicted molar refractivity (Wildman–Crippen MR) is 140 cm³/mol. The lowest BCUT2D eigenvalue weighted by molar-refractivity contribution is -0.122. The van der Waals surface area contributed by atoms with E-state index in [0.29, 0.717) is 24.6 Å². The molecule has 4 rings (SSSR count). The van der Waals surface area contributed by atoms with E-state index in [4.69, 9.17) is 4.74 Å². The van der Waals surface area contributed by atoms with Crippen LogP contribution in [0.25, 0.3) is 11.1 Å². The third-order valence-electron chi connectivity index (χ3n) is 6.99. The van der Waals surface area contributed by atoms with Crippen molar-refractivity contribution in [2.45, 2.75) is 57.7 Å². The Morgan fingerprint density at radius 3 is 2.44 bits per heavy atom. The first-order valence-electron chi connectivity index (χ1n) is 13.1. The zero-order valence-corrected chi connectivity index (χ0v) is 21.4. The highest BCUT2D eigenvalue weighted by molar-refractivity contribution is 6.09. The zero-order valence-electron chi connectivity index (χ0n) is 21.4. The molecule has 2 aromatic carbocycles. The molecule has 194 valence electrons. The highest BCUT2D eigenvalue weighted by atomic mass is 19.1. The number of carbonyl (C=O) groups is 2. The summed E-state index contributed by atoms with van der Waals surface area (Å²) in [4.78, 5) is 27.6. The van der Waals surface area contributed by atoms with Crippen molar-refractivity contribution in [2.24, 2.45) is 5.92 Å². The number of alkyl halides is 1. The van der Waals surface area contributed by atoms with Gasteiger partial charge in [0.25, 0.3) is 5.91 Å². The number of hydrogen-bond donors (Lipinski definition) is 2. The second kappa shape index (κ2) is 12.0. The van der Waals surface area contributed by atoms with Gasteiger partial charge in [0, 0.05) is 12.1 Å². The molecule has 2 N–H and O–H groups in total. The minimum absolute atomic E-state index is 0.266. The molecule has 0 bridgehead atoms. The van der Waals surface area contributed by atoms with Crippen LogP contribution in [0, 0.1) is 5.92 Å². The number of imide groups is 1. The Morgan fingerprint density at radius 2 is 1.78 bits per heavy atom. The van der Waals surface area contributed by atoms with Crippen LogP contribution in [0.3, 0.4) is 0 Å². The Kier molecular flexibility index (Phi) is 8.75. The Labute approximate surface area is 213 Å². The van der Waals surface area contributed by atoms with Crippen LogP contribution in [0.2, 0.25) is 0 Å². The van der Waals surface area contributed by atoms with Gasteiger partial charge in [-0.15, -0.1) is 0 Å². The average molecular weight is 496 g/mol. The van der Waals surface area contributed by atoms with Crippen molar-refractivity contribution in [3.05, 3.63) is 54.1 Å². The van der Waals surface area contributed by atoms with E-state index >= 15 is 0 Å². The Bertz CT molecular complexity index is 1020. The fourth-order valence-electron chi connectivity index (χ4n) is 5.06. The minimum Gasteiger partial charge on any atom is -0.493 e. The Balaban J connectivity index is 1.32. The second-order valence-electron chi connectivity index (χ2n) is 10.6. The summed E-state index contributed by atoms with van der Waals surface area (Å²) in [5.74, 6) is 0.596. The normalized spacial score (nSPS) is 19.6. The number of nitrogens with one attached hydrogen (secondary N) is 2. The van der Waals surface area contributed by atoms with Crippen LogP contribution in [0.4, 0.5) is 4.39 Å². The first-order valence-corrected chi connectivity index (χ1v) is 13.1. The molecule has 2 aliphatic heterocycles. The van der Waals surface area contributed by atoms with E-state index < -0.39 is 5.67 Å². The van der Waals surface area contributed by atoms with Gasteiger partial charge < -0.3 is 15.0 Å². The van der Waals surface area contributed by atoms with Gasteiger partial charge >= 0.3 is 0 Å². The lowest BCUT2D eigenvalue weighted by Crippen LogP contribution is -2.48. The Morgan fingerprint density at radius 1 is 1.06 bits per heavy atom. The van der Waals surface area contributed by atoms with Gasteiger partial charge in [0.2, 0.25) is 5.91 Å². The molecule has 2 aromatic rings. The molecule has 0 aliphatic carbocycles. The van der Waals surface area contributed by atoms with E-state index in [1.807, 2.05) is 36.4 Å². The summed E-state index contributed by atoms with van der Waals surface area (Å²) >= 11 is 0. The lowest BCUT2D eigenvalue weighted by atomic mass is 9.96. The number of halogens is 1. The molecule has 6 nitrogen and oxygen atoms in total. The van der Waals surface area contributed by atoms with Crippen molar-refractivity contribution in [1.29, 1.82) is 0 Å². The van der Waals surface area contributed by atoms with Crippen LogP contribution in [-0.4, -0.2) is 61.2 Å². The molecule has 0 aromatic heterocycles. The third-order valence-corrected chi connectivity index (χ3v) is 6.99. The van der Waals surface area contributed by atoms with Crippen molar-refractivity contribution in [1.82, 2.24) is 15.5 Å². The summed E-state index contributed by atoms with van der Waals surface area (Å²) in [6.07, 6.45) is 4.80. The molecule has 2 heterocycles. The van der Waals surface area contributed by atoms with Gasteiger partial charge in [0.15, 0.2) is 0 Å². The standard InChI is InChI=1S/C29H38FN3O3/c1-29(2,30)20-33-17-14-21(15-18-33)19-36-23-12-10-22(11-13-23)24-7-3-4-8-25(24)27(34)32-28(35)26-9-5-6-16-31-26/h3-4,7-8,10-13,21,26,31H,5-6,9,14-20H2,1-2H3,(H,32,34,35)/t26-/m1/s1. The Hall–Kier alpha value is -2.77. The van der Waals surface area contributed by atoms with Crippen LogP contribution in [0.15, 0.2) is 48.5 Å². The number of carbonyl (C=O) groups excluding carboxylic acids is 2. The van der Waals surface area contributed by atoms with Crippen molar-refractivity contribution in [2.75, 3.05) is 32.8 Å². The highest BCUT2D eigenvalue weighted by Gasteiger charge is 2.26. The van der Waals surface area contributed by atoms with Crippen LogP contribution in [-0.2, 0) is 4.79 Å². The SMILES string of the molecule is CC(C)(F)CN1CCC(COc2ccc(-c3ccccc3C(=O)NC(=O)[C@H]3CCCCN3)cc2)CC1. The van der Waals surface area contributed by atoms with Gasteiger partial charge in [0.05, 0.1) is 12.6 Å². The molecule has 2 saturated heterocycles. The molecule has 7 heteroatoms. The van der Waals surface area contributed by atoms with Crippen molar-refractivity contribution < 1.29 is 18.7 Å². The van der Waals surface area contributed by atoms with Gasteiger partial charge in [-0.2, -0.15) is 0 Å². The van der Waals surface area contributed by atoms with Crippen LogP contribution in [0.5, 0.6) is 5.75 Å². The van der Waals surface area contributed by atoms with E-state index in [-0.39, 0.29) is 17.9 Å². The van der Waals surface area contributed by atoms with Gasteiger partial charge in [-0.3, -0.25) is 14.9 Å². The quantitative estimate of drug-likeness (QED) is 0.524. The van der Waals surface area contributed by atoms with Crippen molar-refractivity contribution in [3.63, 3.8) is 0 Å². The summed E-state index contributed by atoms with van der Waals surface area (Å²) in [5, 5.41) is 5.75. The van der Waals surface area contributed by atoms with Crippen molar-refractivity contribution >= 4 is 11.8 Å². The highest BCUT2D eigenvalue weighted by Crippen LogP contribution is 2.27. The van der Waals surface area contributed by atoms with E-state index in [2.05, 4.69) is 15.5 Å². The molecule has 2 amide bonds.